The largest absolute Gasteiger partial charge is 0.423 e. The van der Waals surface area contributed by atoms with Crippen molar-refractivity contribution in [2.75, 3.05) is 23.3 Å². The maximum absolute atomic E-state index is 12.2. The number of carbonyl (C=O) groups is 1. The van der Waals surface area contributed by atoms with Crippen molar-refractivity contribution in [1.29, 1.82) is 0 Å². The number of hydrogen-bond acceptors (Lipinski definition) is 4. The number of nitrogens with one attached hydrogen (secondary N) is 2. The standard InChI is InChI=1S/C21H21N3O3/c1-14-12-15-4-2-3-5-18(15)24(14)11-10-22-21(26)23-17-7-8-19-16(13-17)6-9-20(25)27-19/h2-9,13-14H,10-12H2,1H3,(H2,22,23,26). The molecule has 2 heterocycles. The zero-order valence-corrected chi connectivity index (χ0v) is 15.1. The number of rotatable bonds is 4. The van der Waals surface area contributed by atoms with Crippen molar-refractivity contribution in [3.63, 3.8) is 0 Å². The van der Waals surface area contributed by atoms with Gasteiger partial charge in [0.1, 0.15) is 5.58 Å². The molecule has 0 bridgehead atoms. The summed E-state index contributed by atoms with van der Waals surface area (Å²) < 4.78 is 5.09. The lowest BCUT2D eigenvalue weighted by molar-refractivity contribution is 0.252. The van der Waals surface area contributed by atoms with Crippen molar-refractivity contribution in [2.24, 2.45) is 0 Å². The molecule has 1 aliphatic rings. The lowest BCUT2D eigenvalue weighted by atomic mass is 10.1. The van der Waals surface area contributed by atoms with Crippen LogP contribution in [0.4, 0.5) is 16.2 Å². The number of benzene rings is 2. The van der Waals surface area contributed by atoms with E-state index in [9.17, 15) is 9.59 Å². The minimum absolute atomic E-state index is 0.258. The van der Waals surface area contributed by atoms with E-state index in [0.717, 1.165) is 18.4 Å². The molecule has 0 saturated carbocycles. The van der Waals surface area contributed by atoms with Gasteiger partial charge in [0.2, 0.25) is 0 Å². The number of hydrogen-bond donors (Lipinski definition) is 2. The molecule has 3 aromatic rings. The van der Waals surface area contributed by atoms with Crippen molar-refractivity contribution >= 4 is 28.4 Å². The minimum atomic E-state index is -0.390. The Kier molecular flexibility index (Phi) is 4.54. The van der Waals surface area contributed by atoms with Crippen LogP contribution < -0.4 is 21.2 Å². The van der Waals surface area contributed by atoms with Gasteiger partial charge < -0.3 is 20.0 Å². The summed E-state index contributed by atoms with van der Waals surface area (Å²) in [4.78, 5) is 25.7. The highest BCUT2D eigenvalue weighted by molar-refractivity contribution is 5.92. The number of para-hydroxylation sites is 1. The predicted molar refractivity (Wildman–Crippen MR) is 106 cm³/mol. The molecule has 0 aliphatic carbocycles. The van der Waals surface area contributed by atoms with Crippen molar-refractivity contribution in [2.45, 2.75) is 19.4 Å². The zero-order chi connectivity index (χ0) is 18.8. The van der Waals surface area contributed by atoms with E-state index < -0.39 is 5.63 Å². The van der Waals surface area contributed by atoms with Crippen molar-refractivity contribution in [1.82, 2.24) is 5.32 Å². The molecular weight excluding hydrogens is 342 g/mol. The zero-order valence-electron chi connectivity index (χ0n) is 15.1. The molecule has 1 unspecified atom stereocenters. The second-order valence-corrected chi connectivity index (χ2v) is 6.76. The Hall–Kier alpha value is -3.28. The lowest BCUT2D eigenvalue weighted by Gasteiger charge is -2.25. The number of nitrogens with zero attached hydrogens (tertiary/aromatic N) is 1. The first-order chi connectivity index (χ1) is 13.1. The van der Waals surface area contributed by atoms with Crippen LogP contribution in [0.25, 0.3) is 11.0 Å². The first-order valence-electron chi connectivity index (χ1n) is 9.03. The molecule has 27 heavy (non-hydrogen) atoms. The van der Waals surface area contributed by atoms with Crippen molar-refractivity contribution < 1.29 is 9.21 Å². The van der Waals surface area contributed by atoms with Crippen LogP contribution in [-0.4, -0.2) is 25.2 Å². The van der Waals surface area contributed by atoms with E-state index in [0.29, 0.717) is 23.9 Å². The first kappa shape index (κ1) is 17.1. The Balaban J connectivity index is 1.34. The number of carbonyl (C=O) groups excluding carboxylic acids is 1. The Morgan fingerprint density at radius 2 is 2.04 bits per heavy atom. The summed E-state index contributed by atoms with van der Waals surface area (Å²) in [7, 11) is 0. The van der Waals surface area contributed by atoms with Gasteiger partial charge in [0, 0.05) is 42.0 Å². The molecule has 0 spiro atoms. The van der Waals surface area contributed by atoms with Gasteiger partial charge in [0.05, 0.1) is 0 Å². The summed E-state index contributed by atoms with van der Waals surface area (Å²) in [5.74, 6) is 0. The van der Waals surface area contributed by atoms with Gasteiger partial charge in [-0.1, -0.05) is 18.2 Å². The van der Waals surface area contributed by atoms with Crippen LogP contribution in [0.1, 0.15) is 12.5 Å². The van der Waals surface area contributed by atoms with E-state index in [2.05, 4.69) is 40.7 Å². The van der Waals surface area contributed by atoms with Gasteiger partial charge in [-0.3, -0.25) is 0 Å². The van der Waals surface area contributed by atoms with Gasteiger partial charge in [0.15, 0.2) is 0 Å². The highest BCUT2D eigenvalue weighted by Crippen LogP contribution is 2.31. The smallest absolute Gasteiger partial charge is 0.336 e. The van der Waals surface area contributed by atoms with E-state index in [1.165, 1.54) is 17.3 Å². The topological polar surface area (TPSA) is 74.6 Å². The molecule has 138 valence electrons. The molecular formula is C21H21N3O3. The monoisotopic (exact) mass is 363 g/mol. The summed E-state index contributed by atoms with van der Waals surface area (Å²) in [5.41, 5.74) is 3.36. The van der Waals surface area contributed by atoms with E-state index in [1.807, 2.05) is 6.07 Å². The van der Waals surface area contributed by atoms with Gasteiger partial charge in [-0.15, -0.1) is 0 Å². The fraction of sp³-hybridized carbons (Fsp3) is 0.238. The normalized spacial score (nSPS) is 15.6. The molecule has 0 fully saturated rings. The van der Waals surface area contributed by atoms with Crippen LogP contribution in [0.5, 0.6) is 0 Å². The summed E-state index contributed by atoms with van der Waals surface area (Å²) in [6.07, 6.45) is 1.04. The van der Waals surface area contributed by atoms with Crippen LogP contribution in [0.2, 0.25) is 0 Å². The van der Waals surface area contributed by atoms with E-state index in [-0.39, 0.29) is 6.03 Å². The predicted octanol–water partition coefficient (Wildman–Crippen LogP) is 3.37. The first-order valence-corrected chi connectivity index (χ1v) is 9.03. The van der Waals surface area contributed by atoms with Gasteiger partial charge in [0.25, 0.3) is 0 Å². The van der Waals surface area contributed by atoms with E-state index >= 15 is 0 Å². The Labute approximate surface area is 156 Å². The fourth-order valence-electron chi connectivity index (χ4n) is 3.59. The molecule has 4 rings (SSSR count). The summed E-state index contributed by atoms with van der Waals surface area (Å²) in [6, 6.07) is 16.8. The van der Waals surface area contributed by atoms with Gasteiger partial charge in [-0.05, 0) is 49.2 Å². The van der Waals surface area contributed by atoms with Gasteiger partial charge >= 0.3 is 11.7 Å². The molecule has 6 nitrogen and oxygen atoms in total. The second-order valence-electron chi connectivity index (χ2n) is 6.76. The average Bonchev–Trinajstić information content (AvgIpc) is 2.97. The number of amides is 2. The Morgan fingerprint density at radius 1 is 1.19 bits per heavy atom. The van der Waals surface area contributed by atoms with Gasteiger partial charge in [-0.2, -0.15) is 0 Å². The summed E-state index contributed by atoms with van der Waals surface area (Å²) in [5, 5.41) is 6.48. The lowest BCUT2D eigenvalue weighted by Crippen LogP contribution is -2.39. The number of urea groups is 1. The molecule has 2 aromatic carbocycles. The molecule has 2 amide bonds. The van der Waals surface area contributed by atoms with Crippen LogP contribution in [0, 0.1) is 0 Å². The second kappa shape index (κ2) is 7.15. The van der Waals surface area contributed by atoms with Crippen LogP contribution in [-0.2, 0) is 6.42 Å². The molecule has 6 heteroatoms. The van der Waals surface area contributed by atoms with Crippen LogP contribution in [0.3, 0.4) is 0 Å². The van der Waals surface area contributed by atoms with Crippen LogP contribution in [0.15, 0.2) is 63.8 Å². The third-order valence-electron chi connectivity index (χ3n) is 4.86. The third kappa shape index (κ3) is 3.65. The quantitative estimate of drug-likeness (QED) is 0.697. The number of anilines is 2. The highest BCUT2D eigenvalue weighted by Gasteiger charge is 2.24. The summed E-state index contributed by atoms with van der Waals surface area (Å²) >= 11 is 0. The molecule has 0 radical (unpaired) electrons. The van der Waals surface area contributed by atoms with Crippen molar-refractivity contribution in [3.8, 4) is 0 Å². The highest BCUT2D eigenvalue weighted by atomic mass is 16.4. The number of fused-ring (bicyclic) bond motifs is 2. The third-order valence-corrected chi connectivity index (χ3v) is 4.86. The van der Waals surface area contributed by atoms with Gasteiger partial charge in [-0.25, -0.2) is 9.59 Å². The maximum Gasteiger partial charge on any atom is 0.336 e. The Bertz CT molecular complexity index is 1040. The average molecular weight is 363 g/mol. The van der Waals surface area contributed by atoms with E-state index in [1.54, 1.807) is 24.3 Å². The molecule has 1 atom stereocenters. The Morgan fingerprint density at radius 3 is 2.93 bits per heavy atom. The SMILES string of the molecule is CC1Cc2ccccc2N1CCNC(=O)Nc1ccc2oc(=O)ccc2c1. The molecule has 0 saturated heterocycles. The molecule has 2 N–H and O–H groups in total. The molecule has 1 aliphatic heterocycles. The minimum Gasteiger partial charge on any atom is -0.423 e. The maximum atomic E-state index is 12.2. The summed E-state index contributed by atoms with van der Waals surface area (Å²) in [6.45, 7) is 3.51. The van der Waals surface area contributed by atoms with Crippen LogP contribution >= 0.6 is 0 Å². The van der Waals surface area contributed by atoms with Crippen molar-refractivity contribution in [3.05, 3.63) is 70.6 Å². The van der Waals surface area contributed by atoms with E-state index in [4.69, 9.17) is 4.42 Å². The molecule has 1 aromatic heterocycles. The fourth-order valence-corrected chi connectivity index (χ4v) is 3.59.